The van der Waals surface area contributed by atoms with Crippen molar-refractivity contribution in [2.24, 2.45) is 0 Å². The summed E-state index contributed by atoms with van der Waals surface area (Å²) in [6.45, 7) is 1.29. The first-order valence-electron chi connectivity index (χ1n) is 9.24. The third kappa shape index (κ3) is 4.45. The quantitative estimate of drug-likeness (QED) is 0.707. The molecule has 1 atom stereocenters. The number of amides is 4. The van der Waals surface area contributed by atoms with Gasteiger partial charge in [0.05, 0.1) is 5.56 Å². The van der Waals surface area contributed by atoms with Crippen LogP contribution in [-0.4, -0.2) is 35.8 Å². The number of imide groups is 1. The number of halogens is 3. The number of alkyl halides is 3. The van der Waals surface area contributed by atoms with Gasteiger partial charge in [-0.05, 0) is 36.6 Å². The van der Waals surface area contributed by atoms with Crippen LogP contribution in [0.2, 0.25) is 0 Å². The number of urea groups is 1. The van der Waals surface area contributed by atoms with Crippen LogP contribution in [0.3, 0.4) is 0 Å². The lowest BCUT2D eigenvalue weighted by Gasteiger charge is -2.22. The molecule has 2 aromatic carbocycles. The Morgan fingerprint density at radius 2 is 1.70 bits per heavy atom. The average molecular weight is 419 g/mol. The smallest absolute Gasteiger partial charge is 0.354 e. The second-order valence-corrected chi connectivity index (χ2v) is 7.11. The predicted octanol–water partition coefficient (Wildman–Crippen LogP) is 2.83. The molecule has 2 N–H and O–H groups in total. The number of hydrogen-bond acceptors (Lipinski definition) is 3. The Hall–Kier alpha value is -3.36. The van der Waals surface area contributed by atoms with Crippen LogP contribution in [0.1, 0.15) is 23.6 Å². The molecular formula is C21H20F3N3O3. The topological polar surface area (TPSA) is 78.5 Å². The van der Waals surface area contributed by atoms with E-state index in [1.165, 1.54) is 12.1 Å². The molecule has 3 rings (SSSR count). The highest BCUT2D eigenvalue weighted by Crippen LogP contribution is 2.29. The number of carbonyl (C=O) groups excluding carboxylic acids is 3. The molecule has 1 fully saturated rings. The summed E-state index contributed by atoms with van der Waals surface area (Å²) in [7, 11) is 0. The number of carbonyl (C=O) groups is 3. The van der Waals surface area contributed by atoms with Crippen LogP contribution < -0.4 is 10.6 Å². The van der Waals surface area contributed by atoms with Gasteiger partial charge in [-0.2, -0.15) is 13.2 Å². The van der Waals surface area contributed by atoms with Crippen molar-refractivity contribution >= 4 is 17.8 Å². The van der Waals surface area contributed by atoms with E-state index in [4.69, 9.17) is 0 Å². The summed E-state index contributed by atoms with van der Waals surface area (Å²) >= 11 is 0. The van der Waals surface area contributed by atoms with E-state index in [2.05, 4.69) is 10.6 Å². The summed E-state index contributed by atoms with van der Waals surface area (Å²) in [5.74, 6) is -1.07. The Labute approximate surface area is 171 Å². The van der Waals surface area contributed by atoms with Crippen LogP contribution in [0.15, 0.2) is 54.6 Å². The van der Waals surface area contributed by atoms with E-state index < -0.39 is 41.7 Å². The summed E-state index contributed by atoms with van der Waals surface area (Å²) in [6.07, 6.45) is -4.09. The molecule has 1 heterocycles. The highest BCUT2D eigenvalue weighted by atomic mass is 19.4. The van der Waals surface area contributed by atoms with Gasteiger partial charge in [0.1, 0.15) is 12.1 Å². The second-order valence-electron chi connectivity index (χ2n) is 7.11. The van der Waals surface area contributed by atoms with Gasteiger partial charge >= 0.3 is 12.2 Å². The Bertz CT molecular complexity index is 945. The zero-order valence-electron chi connectivity index (χ0n) is 16.1. The molecule has 1 aliphatic heterocycles. The summed E-state index contributed by atoms with van der Waals surface area (Å²) < 4.78 is 37.7. The van der Waals surface area contributed by atoms with Crippen molar-refractivity contribution in [1.29, 1.82) is 0 Å². The molecule has 0 saturated carbocycles. The molecule has 9 heteroatoms. The maximum Gasteiger partial charge on any atom is 0.416 e. The minimum atomic E-state index is -4.40. The van der Waals surface area contributed by atoms with Crippen LogP contribution >= 0.6 is 0 Å². The number of nitrogens with one attached hydrogen (secondary N) is 2. The van der Waals surface area contributed by atoms with Crippen molar-refractivity contribution in [2.75, 3.05) is 13.1 Å². The van der Waals surface area contributed by atoms with Gasteiger partial charge in [0, 0.05) is 6.54 Å². The molecule has 0 aliphatic carbocycles. The fourth-order valence-electron chi connectivity index (χ4n) is 3.21. The van der Waals surface area contributed by atoms with E-state index in [1.54, 1.807) is 37.3 Å². The van der Waals surface area contributed by atoms with Crippen molar-refractivity contribution in [3.8, 4) is 0 Å². The first kappa shape index (κ1) is 21.4. The standard InChI is InChI=1S/C21H20F3N3O3/c1-20(15-5-3-2-4-6-15)18(29)27(19(30)26-20)13-17(28)25-12-11-14-7-9-16(10-8-14)21(22,23)24/h2-10H,11-13H2,1H3,(H,25,28)(H,26,30). The van der Waals surface area contributed by atoms with E-state index in [9.17, 15) is 27.6 Å². The maximum atomic E-state index is 12.8. The third-order valence-corrected chi connectivity index (χ3v) is 4.94. The van der Waals surface area contributed by atoms with E-state index in [-0.39, 0.29) is 6.54 Å². The average Bonchev–Trinajstić information content (AvgIpc) is 2.92. The lowest BCUT2D eigenvalue weighted by molar-refractivity contribution is -0.137. The lowest BCUT2D eigenvalue weighted by atomic mass is 9.92. The number of rotatable bonds is 6. The Balaban J connectivity index is 1.54. The zero-order chi connectivity index (χ0) is 21.9. The molecule has 2 aromatic rings. The Kier molecular flexibility index (Phi) is 5.82. The predicted molar refractivity (Wildman–Crippen MR) is 102 cm³/mol. The van der Waals surface area contributed by atoms with Crippen molar-refractivity contribution < 1.29 is 27.6 Å². The van der Waals surface area contributed by atoms with Crippen LogP contribution in [0.5, 0.6) is 0 Å². The first-order chi connectivity index (χ1) is 14.1. The molecule has 6 nitrogen and oxygen atoms in total. The van der Waals surface area contributed by atoms with Crippen molar-refractivity contribution in [1.82, 2.24) is 15.5 Å². The number of benzene rings is 2. The molecule has 0 radical (unpaired) electrons. The van der Waals surface area contributed by atoms with E-state index in [1.807, 2.05) is 0 Å². The zero-order valence-corrected chi connectivity index (χ0v) is 16.1. The van der Waals surface area contributed by atoms with Crippen LogP contribution in [0.4, 0.5) is 18.0 Å². The molecule has 30 heavy (non-hydrogen) atoms. The van der Waals surface area contributed by atoms with E-state index >= 15 is 0 Å². The van der Waals surface area contributed by atoms with Gasteiger partial charge in [0.25, 0.3) is 5.91 Å². The van der Waals surface area contributed by atoms with Crippen molar-refractivity contribution in [3.63, 3.8) is 0 Å². The molecule has 1 saturated heterocycles. The summed E-state index contributed by atoms with van der Waals surface area (Å²) in [4.78, 5) is 38.0. The van der Waals surface area contributed by atoms with Crippen LogP contribution in [0.25, 0.3) is 0 Å². The summed E-state index contributed by atoms with van der Waals surface area (Å²) in [5.41, 5.74) is -0.766. The molecule has 158 valence electrons. The van der Waals surface area contributed by atoms with E-state index in [0.29, 0.717) is 17.5 Å². The molecule has 0 aromatic heterocycles. The van der Waals surface area contributed by atoms with Gasteiger partial charge in [-0.3, -0.25) is 14.5 Å². The van der Waals surface area contributed by atoms with Gasteiger partial charge < -0.3 is 10.6 Å². The Morgan fingerprint density at radius 3 is 2.30 bits per heavy atom. The van der Waals surface area contributed by atoms with Gasteiger partial charge in [-0.1, -0.05) is 42.5 Å². The molecule has 4 amide bonds. The maximum absolute atomic E-state index is 12.8. The lowest BCUT2D eigenvalue weighted by Crippen LogP contribution is -2.43. The largest absolute Gasteiger partial charge is 0.416 e. The summed E-state index contributed by atoms with van der Waals surface area (Å²) in [5, 5.41) is 5.19. The SMILES string of the molecule is CC1(c2ccccc2)NC(=O)N(CC(=O)NCCc2ccc(C(F)(F)F)cc2)C1=O. The third-order valence-electron chi connectivity index (χ3n) is 4.94. The fraction of sp³-hybridized carbons (Fsp3) is 0.286. The van der Waals surface area contributed by atoms with Crippen LogP contribution in [-0.2, 0) is 27.7 Å². The molecular weight excluding hydrogens is 399 g/mol. The second kappa shape index (κ2) is 8.17. The van der Waals surface area contributed by atoms with E-state index in [0.717, 1.165) is 17.0 Å². The monoisotopic (exact) mass is 419 g/mol. The highest BCUT2D eigenvalue weighted by molar-refractivity contribution is 6.09. The molecule has 0 bridgehead atoms. The minimum absolute atomic E-state index is 0.157. The van der Waals surface area contributed by atoms with Gasteiger partial charge in [0.15, 0.2) is 0 Å². The minimum Gasteiger partial charge on any atom is -0.354 e. The van der Waals surface area contributed by atoms with Crippen molar-refractivity contribution in [2.45, 2.75) is 25.1 Å². The number of hydrogen-bond donors (Lipinski definition) is 2. The molecule has 1 unspecified atom stereocenters. The first-order valence-corrected chi connectivity index (χ1v) is 9.24. The van der Waals surface area contributed by atoms with Gasteiger partial charge in [-0.25, -0.2) is 4.79 Å². The summed E-state index contributed by atoms with van der Waals surface area (Å²) in [6, 6.07) is 12.7. The molecule has 1 aliphatic rings. The van der Waals surface area contributed by atoms with Gasteiger partial charge in [0.2, 0.25) is 5.91 Å². The Morgan fingerprint density at radius 1 is 1.07 bits per heavy atom. The van der Waals surface area contributed by atoms with Gasteiger partial charge in [-0.15, -0.1) is 0 Å². The highest BCUT2D eigenvalue weighted by Gasteiger charge is 2.49. The molecule has 0 spiro atoms. The normalized spacial score (nSPS) is 19.0. The fourth-order valence-corrected chi connectivity index (χ4v) is 3.21. The number of nitrogens with zero attached hydrogens (tertiary/aromatic N) is 1. The van der Waals surface area contributed by atoms with Crippen molar-refractivity contribution in [3.05, 3.63) is 71.3 Å². The van der Waals surface area contributed by atoms with Crippen LogP contribution in [0, 0.1) is 0 Å².